The molecule has 0 aliphatic carbocycles. The Bertz CT molecular complexity index is 882. The number of fused-ring (bicyclic) bond motifs is 1. The van der Waals surface area contributed by atoms with E-state index >= 15 is 0 Å². The van der Waals surface area contributed by atoms with Gasteiger partial charge in [-0.05, 0) is 61.3 Å². The summed E-state index contributed by atoms with van der Waals surface area (Å²) >= 11 is 3.25. The first-order valence-corrected chi connectivity index (χ1v) is 10.9. The minimum Gasteiger partial charge on any atom is -0.324 e. The maximum Gasteiger partial charge on any atom is 0.255 e. The first kappa shape index (κ1) is 19.3. The third-order valence-electron chi connectivity index (χ3n) is 4.60. The molecule has 0 saturated carbocycles. The van der Waals surface area contributed by atoms with Gasteiger partial charge in [-0.25, -0.2) is 4.31 Å². The molecule has 8 heteroatoms. The van der Waals surface area contributed by atoms with Crippen LogP contribution in [-0.2, 0) is 4.79 Å². The third-order valence-corrected chi connectivity index (χ3v) is 6.88. The molecule has 2 amide bonds. The minimum atomic E-state index is -0.192. The van der Waals surface area contributed by atoms with Crippen LogP contribution in [0, 0.1) is 0 Å². The number of benzene rings is 2. The number of anilines is 2. The molecular weight excluding hydrogens is 392 g/mol. The van der Waals surface area contributed by atoms with Gasteiger partial charge in [0.2, 0.25) is 5.91 Å². The molecule has 1 unspecified atom stereocenters. The Kier molecular flexibility index (Phi) is 5.91. The summed E-state index contributed by atoms with van der Waals surface area (Å²) in [5.41, 5.74) is 1.97. The van der Waals surface area contributed by atoms with Gasteiger partial charge >= 0.3 is 0 Å². The minimum absolute atomic E-state index is 0.0346. The number of carbonyl (C=O) groups excluding carboxylic acids is 2. The van der Waals surface area contributed by atoms with Gasteiger partial charge in [0.25, 0.3) is 5.91 Å². The van der Waals surface area contributed by atoms with Gasteiger partial charge in [0.1, 0.15) is 0 Å². The van der Waals surface area contributed by atoms with E-state index in [9.17, 15) is 9.59 Å². The molecule has 2 aliphatic rings. The normalized spacial score (nSPS) is 19.6. The second kappa shape index (κ2) is 8.57. The zero-order valence-corrected chi connectivity index (χ0v) is 17.2. The van der Waals surface area contributed by atoms with Gasteiger partial charge in [-0.2, -0.15) is 0 Å². The van der Waals surface area contributed by atoms with Crippen LogP contribution < -0.4 is 16.0 Å². The molecule has 2 heterocycles. The summed E-state index contributed by atoms with van der Waals surface area (Å²) in [5, 5.41) is 9.01. The fourth-order valence-corrected chi connectivity index (χ4v) is 4.89. The SMILES string of the molecule is CC1Sc2ccc(C(=O)Nc3ccc(SN4CCNCC4)cc3)cc2NC1=O. The molecule has 2 aromatic carbocycles. The highest BCUT2D eigenvalue weighted by molar-refractivity contribution is 8.01. The zero-order chi connectivity index (χ0) is 19.5. The largest absolute Gasteiger partial charge is 0.324 e. The van der Waals surface area contributed by atoms with Crippen LogP contribution in [0.4, 0.5) is 11.4 Å². The highest BCUT2D eigenvalue weighted by atomic mass is 32.2. The Morgan fingerprint density at radius 3 is 2.68 bits per heavy atom. The second-order valence-corrected chi connectivity index (χ2v) is 9.26. The van der Waals surface area contributed by atoms with Crippen molar-refractivity contribution in [2.24, 2.45) is 0 Å². The lowest BCUT2D eigenvalue weighted by Gasteiger charge is -2.25. The number of hydrogen-bond donors (Lipinski definition) is 3. The molecule has 2 aliphatic heterocycles. The number of piperazine rings is 1. The Hall–Kier alpha value is -2.00. The van der Waals surface area contributed by atoms with Crippen molar-refractivity contribution in [2.75, 3.05) is 36.8 Å². The van der Waals surface area contributed by atoms with Gasteiger partial charge in [0.05, 0.1) is 10.9 Å². The summed E-state index contributed by atoms with van der Waals surface area (Å²) in [4.78, 5) is 26.6. The van der Waals surface area contributed by atoms with E-state index in [1.54, 1.807) is 24.1 Å². The molecule has 1 atom stereocenters. The highest BCUT2D eigenvalue weighted by Crippen LogP contribution is 2.36. The first-order chi connectivity index (χ1) is 13.6. The standard InChI is InChI=1S/C20H22N4O2S2/c1-13-19(25)23-17-12-14(2-7-18(17)27-13)20(26)22-15-3-5-16(6-4-15)28-24-10-8-21-9-11-24/h2-7,12-13,21H,8-11H2,1H3,(H,22,26)(H,23,25). The van der Waals surface area contributed by atoms with E-state index in [2.05, 4.69) is 20.3 Å². The second-order valence-electron chi connectivity index (χ2n) is 6.71. The first-order valence-electron chi connectivity index (χ1n) is 9.25. The molecule has 1 saturated heterocycles. The van der Waals surface area contributed by atoms with Crippen LogP contribution >= 0.6 is 23.7 Å². The van der Waals surface area contributed by atoms with Crippen molar-refractivity contribution >= 4 is 46.9 Å². The van der Waals surface area contributed by atoms with Crippen molar-refractivity contribution < 1.29 is 9.59 Å². The highest BCUT2D eigenvalue weighted by Gasteiger charge is 2.23. The Labute approximate surface area is 173 Å². The van der Waals surface area contributed by atoms with Crippen LogP contribution in [0.5, 0.6) is 0 Å². The van der Waals surface area contributed by atoms with Crippen LogP contribution in [0.15, 0.2) is 52.3 Å². The van der Waals surface area contributed by atoms with E-state index in [1.165, 1.54) is 11.8 Å². The molecular formula is C20H22N4O2S2. The molecule has 146 valence electrons. The zero-order valence-electron chi connectivity index (χ0n) is 15.5. The fraction of sp³-hybridized carbons (Fsp3) is 0.300. The number of nitrogens with one attached hydrogen (secondary N) is 3. The van der Waals surface area contributed by atoms with Gasteiger partial charge in [0.15, 0.2) is 0 Å². The van der Waals surface area contributed by atoms with Crippen molar-refractivity contribution in [3.8, 4) is 0 Å². The number of nitrogens with zero attached hydrogens (tertiary/aromatic N) is 1. The number of amides is 2. The van der Waals surface area contributed by atoms with Crippen LogP contribution in [0.3, 0.4) is 0 Å². The van der Waals surface area contributed by atoms with Crippen LogP contribution in [0.25, 0.3) is 0 Å². The summed E-state index contributed by atoms with van der Waals surface area (Å²) in [6.07, 6.45) is 0. The third kappa shape index (κ3) is 4.52. The molecule has 0 bridgehead atoms. The number of rotatable bonds is 4. The topological polar surface area (TPSA) is 73.5 Å². The summed E-state index contributed by atoms with van der Waals surface area (Å²) in [6, 6.07) is 13.3. The molecule has 0 radical (unpaired) electrons. The lowest BCUT2D eigenvalue weighted by atomic mass is 10.1. The molecule has 3 N–H and O–H groups in total. The Morgan fingerprint density at radius 2 is 1.93 bits per heavy atom. The number of hydrogen-bond acceptors (Lipinski definition) is 6. The average Bonchev–Trinajstić information content (AvgIpc) is 2.71. The Morgan fingerprint density at radius 1 is 1.18 bits per heavy atom. The van der Waals surface area contributed by atoms with Gasteiger partial charge in [-0.3, -0.25) is 9.59 Å². The van der Waals surface area contributed by atoms with E-state index in [1.807, 2.05) is 37.3 Å². The van der Waals surface area contributed by atoms with Crippen LogP contribution in [0.2, 0.25) is 0 Å². The summed E-state index contributed by atoms with van der Waals surface area (Å²) < 4.78 is 2.34. The molecule has 0 spiro atoms. The predicted molar refractivity (Wildman–Crippen MR) is 115 cm³/mol. The van der Waals surface area contributed by atoms with Gasteiger partial charge in [-0.1, -0.05) is 0 Å². The van der Waals surface area contributed by atoms with Gasteiger partial charge in [0, 0.05) is 47.2 Å². The lowest BCUT2D eigenvalue weighted by Crippen LogP contribution is -2.39. The smallest absolute Gasteiger partial charge is 0.255 e. The van der Waals surface area contributed by atoms with Crippen LogP contribution in [0.1, 0.15) is 17.3 Å². The van der Waals surface area contributed by atoms with Crippen LogP contribution in [-0.4, -0.2) is 47.5 Å². The monoisotopic (exact) mass is 414 g/mol. The van der Waals surface area contributed by atoms with E-state index in [0.717, 1.165) is 41.7 Å². The summed E-state index contributed by atoms with van der Waals surface area (Å²) in [5.74, 6) is -0.226. The fourth-order valence-electron chi connectivity index (χ4n) is 3.04. The maximum atomic E-state index is 12.6. The van der Waals surface area contributed by atoms with Crippen molar-refractivity contribution in [1.82, 2.24) is 9.62 Å². The van der Waals surface area contributed by atoms with E-state index in [4.69, 9.17) is 0 Å². The molecule has 6 nitrogen and oxygen atoms in total. The predicted octanol–water partition coefficient (Wildman–Crippen LogP) is 3.28. The molecule has 28 heavy (non-hydrogen) atoms. The maximum absolute atomic E-state index is 12.6. The summed E-state index contributed by atoms with van der Waals surface area (Å²) in [6.45, 7) is 5.94. The molecule has 2 aromatic rings. The van der Waals surface area contributed by atoms with Gasteiger partial charge in [-0.15, -0.1) is 11.8 Å². The number of thioether (sulfide) groups is 1. The molecule has 4 rings (SSSR count). The van der Waals surface area contributed by atoms with E-state index in [0.29, 0.717) is 11.3 Å². The van der Waals surface area contributed by atoms with Crippen molar-refractivity contribution in [3.05, 3.63) is 48.0 Å². The number of carbonyl (C=O) groups is 2. The average molecular weight is 415 g/mol. The molecule has 0 aromatic heterocycles. The Balaban J connectivity index is 1.39. The lowest BCUT2D eigenvalue weighted by molar-refractivity contribution is -0.115. The van der Waals surface area contributed by atoms with Crippen molar-refractivity contribution in [2.45, 2.75) is 22.0 Å². The summed E-state index contributed by atoms with van der Waals surface area (Å²) in [7, 11) is 0. The van der Waals surface area contributed by atoms with E-state index < -0.39 is 0 Å². The van der Waals surface area contributed by atoms with Crippen molar-refractivity contribution in [1.29, 1.82) is 0 Å². The van der Waals surface area contributed by atoms with Gasteiger partial charge < -0.3 is 16.0 Å². The van der Waals surface area contributed by atoms with E-state index in [-0.39, 0.29) is 17.1 Å². The molecule has 1 fully saturated rings. The quantitative estimate of drug-likeness (QED) is 0.667. The van der Waals surface area contributed by atoms with Crippen molar-refractivity contribution in [3.63, 3.8) is 0 Å².